The molecular formula is C14H15N5O2S. The molecule has 1 saturated heterocycles. The molecule has 0 spiro atoms. The Labute approximate surface area is 131 Å². The number of fused-ring (bicyclic) bond motifs is 1. The lowest BCUT2D eigenvalue weighted by Crippen LogP contribution is -2.12. The lowest BCUT2D eigenvalue weighted by atomic mass is 10.3. The van der Waals surface area contributed by atoms with Crippen LogP contribution in [0.25, 0.3) is 11.1 Å². The van der Waals surface area contributed by atoms with Crippen LogP contribution in [0.15, 0.2) is 33.8 Å². The molecule has 8 heteroatoms. The third-order valence-corrected chi connectivity index (χ3v) is 4.69. The largest absolute Gasteiger partial charge is 0.439 e. The topological polar surface area (TPSA) is 78.9 Å². The number of aromatic nitrogens is 5. The molecular weight excluding hydrogens is 302 g/mol. The minimum Gasteiger partial charge on any atom is -0.439 e. The zero-order chi connectivity index (χ0) is 14.9. The number of benzene rings is 1. The summed E-state index contributed by atoms with van der Waals surface area (Å²) >= 11 is 1.55. The molecule has 7 nitrogen and oxygen atoms in total. The molecule has 3 aromatic rings. The fourth-order valence-electron chi connectivity index (χ4n) is 2.48. The number of oxazole rings is 1. The van der Waals surface area contributed by atoms with Crippen LogP contribution in [-0.2, 0) is 4.74 Å². The smallest absolute Gasteiger partial charge is 0.210 e. The van der Waals surface area contributed by atoms with Crippen molar-refractivity contribution in [2.75, 3.05) is 13.2 Å². The summed E-state index contributed by atoms with van der Waals surface area (Å²) in [5, 5.41) is 12.8. The van der Waals surface area contributed by atoms with Crippen LogP contribution >= 0.6 is 11.8 Å². The third kappa shape index (κ3) is 2.48. The Hall–Kier alpha value is -1.93. The van der Waals surface area contributed by atoms with Crippen molar-refractivity contribution in [3.63, 3.8) is 0 Å². The average Bonchev–Trinajstić information content (AvgIpc) is 3.26. The summed E-state index contributed by atoms with van der Waals surface area (Å²) in [5.41, 5.74) is 1.67. The molecule has 1 aromatic carbocycles. The number of tetrazole rings is 1. The number of hydrogen-bond acceptors (Lipinski definition) is 7. The van der Waals surface area contributed by atoms with Crippen LogP contribution in [0, 0.1) is 0 Å². The van der Waals surface area contributed by atoms with Crippen molar-refractivity contribution in [1.29, 1.82) is 0 Å². The lowest BCUT2D eigenvalue weighted by Gasteiger charge is -2.11. The van der Waals surface area contributed by atoms with Gasteiger partial charge in [-0.15, -0.1) is 5.10 Å². The van der Waals surface area contributed by atoms with Gasteiger partial charge in [-0.3, -0.25) is 0 Å². The summed E-state index contributed by atoms with van der Waals surface area (Å²) in [7, 11) is 0. The van der Waals surface area contributed by atoms with Gasteiger partial charge < -0.3 is 9.15 Å². The SMILES string of the molecule is CC(Sc1nnnn1C1CCOC1)c1nc2ccccc2o1. The predicted molar refractivity (Wildman–Crippen MR) is 80.6 cm³/mol. The maximum atomic E-state index is 5.81. The van der Waals surface area contributed by atoms with Gasteiger partial charge in [-0.1, -0.05) is 23.9 Å². The van der Waals surface area contributed by atoms with Gasteiger partial charge in [0.2, 0.25) is 11.0 Å². The highest BCUT2D eigenvalue weighted by atomic mass is 32.2. The molecule has 0 bridgehead atoms. The van der Waals surface area contributed by atoms with E-state index in [1.807, 2.05) is 35.9 Å². The quantitative estimate of drug-likeness (QED) is 0.684. The van der Waals surface area contributed by atoms with E-state index in [-0.39, 0.29) is 11.3 Å². The van der Waals surface area contributed by atoms with Gasteiger partial charge in [0.05, 0.1) is 17.9 Å². The number of rotatable bonds is 4. The minimum atomic E-state index is 0.0273. The van der Waals surface area contributed by atoms with Crippen LogP contribution < -0.4 is 0 Å². The van der Waals surface area contributed by atoms with Crippen molar-refractivity contribution >= 4 is 22.9 Å². The fourth-order valence-corrected chi connectivity index (χ4v) is 3.37. The Bertz CT molecular complexity index is 747. The Morgan fingerprint density at radius 1 is 1.36 bits per heavy atom. The first-order valence-corrected chi connectivity index (χ1v) is 8.07. The molecule has 3 heterocycles. The predicted octanol–water partition coefficient (Wildman–Crippen LogP) is 2.63. The molecule has 2 atom stereocenters. The van der Waals surface area contributed by atoms with Crippen LogP contribution in [0.2, 0.25) is 0 Å². The third-order valence-electron chi connectivity index (χ3n) is 3.65. The molecule has 2 aromatic heterocycles. The van der Waals surface area contributed by atoms with Crippen molar-refractivity contribution in [1.82, 2.24) is 25.2 Å². The molecule has 1 fully saturated rings. The van der Waals surface area contributed by atoms with E-state index in [4.69, 9.17) is 9.15 Å². The Morgan fingerprint density at radius 3 is 3.09 bits per heavy atom. The van der Waals surface area contributed by atoms with Gasteiger partial charge in [0.15, 0.2) is 5.58 Å². The highest BCUT2D eigenvalue weighted by molar-refractivity contribution is 7.99. The minimum absolute atomic E-state index is 0.0273. The van der Waals surface area contributed by atoms with E-state index < -0.39 is 0 Å². The van der Waals surface area contributed by atoms with E-state index in [9.17, 15) is 0 Å². The second-order valence-electron chi connectivity index (χ2n) is 5.20. The molecule has 114 valence electrons. The summed E-state index contributed by atoms with van der Waals surface area (Å²) in [6, 6.07) is 7.97. The molecule has 22 heavy (non-hydrogen) atoms. The maximum absolute atomic E-state index is 5.81. The van der Waals surface area contributed by atoms with Crippen molar-refractivity contribution in [3.8, 4) is 0 Å². The molecule has 0 amide bonds. The van der Waals surface area contributed by atoms with E-state index in [1.54, 1.807) is 11.8 Å². The van der Waals surface area contributed by atoms with E-state index in [2.05, 4.69) is 20.5 Å². The monoisotopic (exact) mass is 317 g/mol. The lowest BCUT2D eigenvalue weighted by molar-refractivity contribution is 0.182. The van der Waals surface area contributed by atoms with Gasteiger partial charge in [0, 0.05) is 6.61 Å². The van der Waals surface area contributed by atoms with Crippen molar-refractivity contribution in [2.24, 2.45) is 0 Å². The molecule has 2 unspecified atom stereocenters. The van der Waals surface area contributed by atoms with Crippen LogP contribution in [0.5, 0.6) is 0 Å². The van der Waals surface area contributed by atoms with Gasteiger partial charge in [-0.05, 0) is 35.9 Å². The number of para-hydroxylation sites is 2. The van der Waals surface area contributed by atoms with E-state index >= 15 is 0 Å². The Morgan fingerprint density at radius 2 is 2.27 bits per heavy atom. The van der Waals surface area contributed by atoms with E-state index in [1.165, 1.54) is 0 Å². The molecule has 1 aliphatic rings. The second-order valence-corrected chi connectivity index (χ2v) is 6.51. The number of thioether (sulfide) groups is 1. The van der Waals surface area contributed by atoms with Gasteiger partial charge in [-0.25, -0.2) is 9.67 Å². The van der Waals surface area contributed by atoms with Gasteiger partial charge in [0.25, 0.3) is 0 Å². The van der Waals surface area contributed by atoms with Crippen LogP contribution in [0.1, 0.15) is 30.5 Å². The van der Waals surface area contributed by atoms with Crippen LogP contribution in [0.3, 0.4) is 0 Å². The fraction of sp³-hybridized carbons (Fsp3) is 0.429. The van der Waals surface area contributed by atoms with Crippen molar-refractivity contribution < 1.29 is 9.15 Å². The highest BCUT2D eigenvalue weighted by Gasteiger charge is 2.25. The van der Waals surface area contributed by atoms with E-state index in [0.717, 1.165) is 29.3 Å². The number of nitrogens with zero attached hydrogens (tertiary/aromatic N) is 5. The zero-order valence-corrected chi connectivity index (χ0v) is 12.9. The highest BCUT2D eigenvalue weighted by Crippen LogP contribution is 2.35. The van der Waals surface area contributed by atoms with Crippen molar-refractivity contribution in [2.45, 2.75) is 29.8 Å². The maximum Gasteiger partial charge on any atom is 0.210 e. The normalized spacial score (nSPS) is 19.8. The molecule has 4 rings (SSSR count). The standard InChI is InChI=1S/C14H15N5O2S/c1-9(13-15-11-4-2-3-5-12(11)21-13)22-14-16-17-18-19(14)10-6-7-20-8-10/h2-5,9-10H,6-8H2,1H3. The molecule has 0 N–H and O–H groups in total. The Kier molecular flexibility index (Phi) is 3.55. The summed E-state index contributed by atoms with van der Waals surface area (Å²) < 4.78 is 13.1. The van der Waals surface area contributed by atoms with Gasteiger partial charge in [0.1, 0.15) is 5.52 Å². The molecule has 0 radical (unpaired) electrons. The summed E-state index contributed by atoms with van der Waals surface area (Å²) in [6.45, 7) is 3.46. The molecule has 1 aliphatic heterocycles. The van der Waals surface area contributed by atoms with Crippen LogP contribution in [-0.4, -0.2) is 38.4 Å². The summed E-state index contributed by atoms with van der Waals surface area (Å²) in [4.78, 5) is 4.53. The average molecular weight is 317 g/mol. The van der Waals surface area contributed by atoms with Gasteiger partial charge >= 0.3 is 0 Å². The molecule has 0 aliphatic carbocycles. The Balaban J connectivity index is 1.56. The first-order valence-electron chi connectivity index (χ1n) is 7.19. The second kappa shape index (κ2) is 5.69. The summed E-state index contributed by atoms with van der Waals surface area (Å²) in [5.74, 6) is 0.684. The van der Waals surface area contributed by atoms with Crippen molar-refractivity contribution in [3.05, 3.63) is 30.2 Å². The van der Waals surface area contributed by atoms with Crippen LogP contribution in [0.4, 0.5) is 0 Å². The zero-order valence-electron chi connectivity index (χ0n) is 12.0. The molecule has 0 saturated carbocycles. The number of ether oxygens (including phenoxy) is 1. The first-order chi connectivity index (χ1) is 10.8. The number of hydrogen-bond donors (Lipinski definition) is 0. The van der Waals surface area contributed by atoms with Gasteiger partial charge in [-0.2, -0.15) is 0 Å². The first kappa shape index (κ1) is 13.7. The van der Waals surface area contributed by atoms with E-state index in [0.29, 0.717) is 12.5 Å². The summed E-state index contributed by atoms with van der Waals surface area (Å²) in [6.07, 6.45) is 0.940.